The summed E-state index contributed by atoms with van der Waals surface area (Å²) >= 11 is 0. The van der Waals surface area contributed by atoms with Gasteiger partial charge in [-0.3, -0.25) is 14.8 Å². The molecule has 0 bridgehead atoms. The highest BCUT2D eigenvalue weighted by molar-refractivity contribution is 5.96. The molecule has 1 saturated heterocycles. The fourth-order valence-electron chi connectivity index (χ4n) is 8.27. The lowest BCUT2D eigenvalue weighted by molar-refractivity contribution is 0.0157. The predicted octanol–water partition coefficient (Wildman–Crippen LogP) is 7.74. The summed E-state index contributed by atoms with van der Waals surface area (Å²) in [5.41, 5.74) is 4.35. The van der Waals surface area contributed by atoms with Crippen LogP contribution in [0.15, 0.2) is 53.3 Å². The first-order valence-corrected chi connectivity index (χ1v) is 17.0. The number of rotatable bonds is 7. The topological polar surface area (TPSA) is 83.0 Å². The number of nitrogens with one attached hydrogen (secondary N) is 3. The average Bonchev–Trinajstić information content (AvgIpc) is 3.78. The van der Waals surface area contributed by atoms with E-state index in [-0.39, 0.29) is 34.9 Å². The van der Waals surface area contributed by atoms with Gasteiger partial charge in [-0.25, -0.2) is 4.39 Å². The maximum atomic E-state index is 14.3. The molecule has 2 aromatic carbocycles. The van der Waals surface area contributed by atoms with Crippen LogP contribution >= 0.6 is 0 Å². The summed E-state index contributed by atoms with van der Waals surface area (Å²) in [5.74, 6) is 0.810. The number of amides is 1. The van der Waals surface area contributed by atoms with Gasteiger partial charge >= 0.3 is 0 Å². The summed E-state index contributed by atoms with van der Waals surface area (Å²) < 4.78 is 20.9. The van der Waals surface area contributed by atoms with Gasteiger partial charge in [-0.05, 0) is 115 Å². The third-order valence-corrected chi connectivity index (χ3v) is 10.9. The Morgan fingerprint density at radius 2 is 1.80 bits per heavy atom. The number of hydrogen-bond donors (Lipinski definition) is 3. The molecule has 1 spiro atoms. The van der Waals surface area contributed by atoms with Crippen LogP contribution in [-0.2, 0) is 6.54 Å². The molecule has 6 nitrogen and oxygen atoms in total. The van der Waals surface area contributed by atoms with Crippen molar-refractivity contribution < 1.29 is 13.6 Å². The van der Waals surface area contributed by atoms with E-state index < -0.39 is 0 Å². The minimum atomic E-state index is -0.274. The number of carbonyl (C=O) groups excluding carboxylic acids is 1. The Kier molecular flexibility index (Phi) is 9.41. The monoisotopic (exact) mass is 600 g/mol. The molecule has 2 saturated carbocycles. The van der Waals surface area contributed by atoms with E-state index in [1.807, 2.05) is 25.1 Å². The molecule has 6 rings (SSSR count). The number of oxazole rings is 1. The first-order chi connectivity index (χ1) is 21.3. The van der Waals surface area contributed by atoms with Crippen molar-refractivity contribution in [2.45, 2.75) is 110 Å². The van der Waals surface area contributed by atoms with Crippen molar-refractivity contribution in [1.82, 2.24) is 15.2 Å². The van der Waals surface area contributed by atoms with Crippen LogP contribution in [0.25, 0.3) is 11.1 Å². The first-order valence-electron chi connectivity index (χ1n) is 17.0. The molecule has 236 valence electrons. The highest BCUT2D eigenvalue weighted by Gasteiger charge is 2.51. The van der Waals surface area contributed by atoms with Crippen molar-refractivity contribution in [3.63, 3.8) is 0 Å². The molecule has 3 N–H and O–H groups in total. The van der Waals surface area contributed by atoms with Crippen molar-refractivity contribution in [3.05, 3.63) is 77.1 Å². The van der Waals surface area contributed by atoms with Crippen LogP contribution in [0.3, 0.4) is 0 Å². The Hall–Kier alpha value is -3.19. The van der Waals surface area contributed by atoms with Crippen LogP contribution in [0.2, 0.25) is 0 Å². The van der Waals surface area contributed by atoms with E-state index in [0.29, 0.717) is 23.9 Å². The van der Waals surface area contributed by atoms with Gasteiger partial charge in [0, 0.05) is 23.8 Å². The number of hydrogen-bond acceptors (Lipinski definition) is 4. The molecule has 3 aromatic rings. The van der Waals surface area contributed by atoms with Crippen molar-refractivity contribution in [3.8, 4) is 11.1 Å². The molecule has 1 aliphatic heterocycles. The summed E-state index contributed by atoms with van der Waals surface area (Å²) in [6.45, 7) is 5.78. The van der Waals surface area contributed by atoms with E-state index in [1.165, 1.54) is 82.6 Å². The maximum Gasteiger partial charge on any atom is 0.293 e. The van der Waals surface area contributed by atoms with E-state index in [2.05, 4.69) is 17.6 Å². The number of nitrogens with zero attached hydrogens (tertiary/aromatic N) is 1. The van der Waals surface area contributed by atoms with Gasteiger partial charge in [-0.2, -0.15) is 0 Å². The Balaban J connectivity index is 1.33. The maximum absolute atomic E-state index is 14.3. The molecular formula is C37H49FN4O2. The molecule has 1 aromatic heterocycles. The normalized spacial score (nSPS) is 23.2. The van der Waals surface area contributed by atoms with Gasteiger partial charge in [-0.15, -0.1) is 0 Å². The molecule has 2 heterocycles. The smallest absolute Gasteiger partial charge is 0.293 e. The third kappa shape index (κ3) is 6.73. The number of piperidine rings is 1. The summed E-state index contributed by atoms with van der Waals surface area (Å²) in [6.07, 6.45) is 18.5. The standard InChI is InChI=1S/C37H49FN4O2/c1-25-20-31(38)12-13-32(25)29-21-27(24-42-18-19-44-36(42)39)22-30(23-29)35(43)41-33(28-10-11-28)34-37(26(2)14-17-40-34)15-8-6-4-3-5-7-9-16-37/h12-13,18-23,26,28,33-34,39-40H,3-11,14-17,24H2,1-2H3,(H,41,43)/t26?,33-,34?/m0/s1. The quantitative estimate of drug-likeness (QED) is 0.259. The van der Waals surface area contributed by atoms with Gasteiger partial charge < -0.3 is 15.1 Å². The molecule has 44 heavy (non-hydrogen) atoms. The van der Waals surface area contributed by atoms with Gasteiger partial charge in [0.2, 0.25) is 0 Å². The van der Waals surface area contributed by atoms with Crippen LogP contribution in [0.4, 0.5) is 4.39 Å². The number of halogens is 1. The van der Waals surface area contributed by atoms with E-state index in [1.54, 1.807) is 16.8 Å². The van der Waals surface area contributed by atoms with Gasteiger partial charge in [-0.1, -0.05) is 57.9 Å². The Morgan fingerprint density at radius 3 is 2.45 bits per heavy atom. The lowest BCUT2D eigenvalue weighted by Gasteiger charge is -2.53. The molecule has 1 amide bonds. The van der Waals surface area contributed by atoms with Crippen molar-refractivity contribution in [1.29, 1.82) is 5.41 Å². The summed E-state index contributed by atoms with van der Waals surface area (Å²) in [5, 5.41) is 15.7. The van der Waals surface area contributed by atoms with Gasteiger partial charge in [0.05, 0.1) is 6.54 Å². The number of aromatic nitrogens is 1. The van der Waals surface area contributed by atoms with Crippen molar-refractivity contribution >= 4 is 5.91 Å². The zero-order valence-corrected chi connectivity index (χ0v) is 26.5. The Bertz CT molecular complexity index is 1500. The molecular weight excluding hydrogens is 551 g/mol. The molecule has 7 heteroatoms. The molecule has 2 unspecified atom stereocenters. The summed E-state index contributed by atoms with van der Waals surface area (Å²) in [4.78, 5) is 14.3. The van der Waals surface area contributed by atoms with E-state index in [9.17, 15) is 9.18 Å². The highest BCUT2D eigenvalue weighted by Crippen LogP contribution is 2.50. The van der Waals surface area contributed by atoms with Crippen molar-refractivity contribution in [2.75, 3.05) is 6.54 Å². The first kappa shape index (κ1) is 30.8. The van der Waals surface area contributed by atoms with E-state index >= 15 is 0 Å². The summed E-state index contributed by atoms with van der Waals surface area (Å²) in [6, 6.07) is 11.1. The molecule has 3 atom stereocenters. The lowest BCUT2D eigenvalue weighted by Crippen LogP contribution is -2.64. The second-order valence-electron chi connectivity index (χ2n) is 13.9. The fraction of sp³-hybridized carbons (Fsp3) is 0.568. The Morgan fingerprint density at radius 1 is 1.07 bits per heavy atom. The Labute approximate surface area is 261 Å². The predicted molar refractivity (Wildman–Crippen MR) is 172 cm³/mol. The second kappa shape index (κ2) is 13.4. The molecule has 0 radical (unpaired) electrons. The van der Waals surface area contributed by atoms with Gasteiger partial charge in [0.25, 0.3) is 11.6 Å². The van der Waals surface area contributed by atoms with E-state index in [4.69, 9.17) is 9.83 Å². The van der Waals surface area contributed by atoms with Gasteiger partial charge in [0.15, 0.2) is 0 Å². The minimum Gasteiger partial charge on any atom is -0.432 e. The number of benzene rings is 2. The lowest BCUT2D eigenvalue weighted by atomic mass is 9.59. The largest absolute Gasteiger partial charge is 0.432 e. The van der Waals surface area contributed by atoms with Crippen LogP contribution in [0, 0.1) is 35.4 Å². The molecule has 3 aliphatic rings. The number of carbonyl (C=O) groups is 1. The van der Waals surface area contributed by atoms with Crippen LogP contribution < -0.4 is 16.3 Å². The zero-order chi connectivity index (χ0) is 30.7. The molecule has 2 aliphatic carbocycles. The summed E-state index contributed by atoms with van der Waals surface area (Å²) in [7, 11) is 0. The average molecular weight is 601 g/mol. The second-order valence-corrected chi connectivity index (χ2v) is 13.9. The van der Waals surface area contributed by atoms with Crippen molar-refractivity contribution in [2.24, 2.45) is 17.3 Å². The minimum absolute atomic E-state index is 0.0527. The van der Waals surface area contributed by atoms with E-state index in [0.717, 1.165) is 41.6 Å². The van der Waals surface area contributed by atoms with Crippen LogP contribution in [-0.4, -0.2) is 29.1 Å². The van der Waals surface area contributed by atoms with Crippen LogP contribution in [0.5, 0.6) is 0 Å². The zero-order valence-electron chi connectivity index (χ0n) is 26.5. The molecule has 3 fully saturated rings. The third-order valence-electron chi connectivity index (χ3n) is 10.9. The highest BCUT2D eigenvalue weighted by atomic mass is 19.1. The fourth-order valence-corrected chi connectivity index (χ4v) is 8.27. The SMILES string of the molecule is Cc1cc(F)ccc1-c1cc(Cn2ccoc2=N)cc(C(=O)N[C@@H](C2CC2)C2NCCC(C)C23CCCCCCCCC3)c1. The van der Waals surface area contributed by atoms with Crippen LogP contribution in [0.1, 0.15) is 105 Å². The number of aryl methyl sites for hydroxylation is 1. The van der Waals surface area contributed by atoms with Gasteiger partial charge in [0.1, 0.15) is 12.1 Å².